The fraction of sp³-hybridized carbons (Fsp3) is 0.389. The van der Waals surface area contributed by atoms with Crippen LogP contribution in [0.2, 0.25) is 5.02 Å². The summed E-state index contributed by atoms with van der Waals surface area (Å²) in [6.45, 7) is 0. The molecule has 1 spiro atoms. The van der Waals surface area contributed by atoms with Crippen LogP contribution >= 0.6 is 11.6 Å². The lowest BCUT2D eigenvalue weighted by Gasteiger charge is -2.25. The van der Waals surface area contributed by atoms with Crippen LogP contribution in [0.25, 0.3) is 0 Å². The molecule has 10 heteroatoms. The molecule has 0 aliphatic heterocycles. The van der Waals surface area contributed by atoms with Crippen molar-refractivity contribution in [2.24, 2.45) is 18.4 Å². The average Bonchev–Trinajstić information content (AvgIpc) is 3.23. The van der Waals surface area contributed by atoms with Gasteiger partial charge in [0.05, 0.1) is 5.02 Å². The molecule has 0 radical (unpaired) electrons. The number of nitrogens with zero attached hydrogens (tertiary/aromatic N) is 1. The molecule has 3 atom stereocenters. The topological polar surface area (TPSA) is 80.2 Å². The van der Waals surface area contributed by atoms with Crippen LogP contribution in [-0.2, 0) is 17.1 Å². The smallest absolute Gasteiger partial charge is 0.272 e. The number of aromatic nitrogens is 1. The number of anilines is 1. The number of halogens is 3. The maximum Gasteiger partial charge on any atom is 0.272 e. The Morgan fingerprint density at radius 1 is 1.29 bits per heavy atom. The molecule has 1 aromatic carbocycles. The van der Waals surface area contributed by atoms with Crippen molar-refractivity contribution in [3.05, 3.63) is 46.7 Å². The lowest BCUT2D eigenvalue weighted by Crippen LogP contribution is -2.43. The first-order chi connectivity index (χ1) is 13.1. The highest BCUT2D eigenvalue weighted by atomic mass is 35.5. The minimum Gasteiger partial charge on any atom is -0.345 e. The summed E-state index contributed by atoms with van der Waals surface area (Å²) in [6.07, 6.45) is 4.21. The van der Waals surface area contributed by atoms with Crippen LogP contribution < -0.4 is 10.0 Å². The van der Waals surface area contributed by atoms with Crippen molar-refractivity contribution in [3.8, 4) is 0 Å². The number of hydrogen-bond donors (Lipinski definition) is 2. The third-order valence-electron chi connectivity index (χ3n) is 6.37. The van der Waals surface area contributed by atoms with E-state index in [1.165, 1.54) is 23.9 Å². The zero-order valence-corrected chi connectivity index (χ0v) is 16.3. The molecule has 3 fully saturated rings. The van der Waals surface area contributed by atoms with Gasteiger partial charge in [-0.2, -0.15) is 0 Å². The van der Waals surface area contributed by atoms with E-state index in [2.05, 4.69) is 10.0 Å². The number of sulfonamides is 1. The van der Waals surface area contributed by atoms with Crippen molar-refractivity contribution in [3.63, 3.8) is 0 Å². The highest BCUT2D eigenvalue weighted by Crippen LogP contribution is 2.89. The number of rotatable bonds is 5. The Balaban J connectivity index is 1.36. The number of aryl methyl sites for hydroxylation is 1. The van der Waals surface area contributed by atoms with E-state index in [4.69, 9.17) is 11.6 Å². The summed E-state index contributed by atoms with van der Waals surface area (Å²) in [6, 6.07) is 3.14. The van der Waals surface area contributed by atoms with E-state index in [-0.39, 0.29) is 27.2 Å². The third kappa shape index (κ3) is 2.39. The fourth-order valence-corrected chi connectivity index (χ4v) is 6.50. The van der Waals surface area contributed by atoms with Crippen molar-refractivity contribution in [1.82, 2.24) is 9.29 Å². The standard InChI is InChI=1S/C18H16ClF2N3O3S/c1-24-7-11(28(26,27)23-18-6-9-5-17(9,18)8-18)4-14(24)16(25)22-10-2-12(19)15(21)13(20)3-10/h2-4,7,9,23H,5-6,8H2,1H3,(H,22,25). The third-order valence-corrected chi connectivity index (χ3v) is 8.14. The molecule has 3 unspecified atom stereocenters. The summed E-state index contributed by atoms with van der Waals surface area (Å²) in [5.74, 6) is -2.41. The number of carbonyl (C=O) groups excluding carboxylic acids is 1. The Labute approximate surface area is 164 Å². The first kappa shape index (κ1) is 18.1. The van der Waals surface area contributed by atoms with Gasteiger partial charge in [0.1, 0.15) is 10.6 Å². The Kier molecular flexibility index (Phi) is 3.45. The van der Waals surface area contributed by atoms with Crippen molar-refractivity contribution in [2.45, 2.75) is 29.7 Å². The molecule has 148 valence electrons. The Bertz CT molecular complexity index is 1140. The van der Waals surface area contributed by atoms with Gasteiger partial charge in [0.15, 0.2) is 11.6 Å². The summed E-state index contributed by atoms with van der Waals surface area (Å²) in [7, 11) is -2.23. The molecule has 3 aliphatic carbocycles. The van der Waals surface area contributed by atoms with Gasteiger partial charge in [0.2, 0.25) is 10.0 Å². The molecule has 1 amide bonds. The Hall–Kier alpha value is -1.97. The van der Waals surface area contributed by atoms with Crippen molar-refractivity contribution in [2.75, 3.05) is 5.32 Å². The summed E-state index contributed by atoms with van der Waals surface area (Å²) in [5, 5.41) is 1.93. The molecule has 2 N–H and O–H groups in total. The summed E-state index contributed by atoms with van der Waals surface area (Å²) in [5.41, 5.74) is -0.0779. The molecule has 0 bridgehead atoms. The zero-order valence-electron chi connectivity index (χ0n) is 14.7. The molecule has 2 aromatic rings. The van der Waals surface area contributed by atoms with Gasteiger partial charge < -0.3 is 9.88 Å². The zero-order chi connectivity index (χ0) is 20.1. The molecule has 28 heavy (non-hydrogen) atoms. The fourth-order valence-electron chi connectivity index (χ4n) is 4.74. The molecular formula is C18H16ClF2N3O3S. The van der Waals surface area contributed by atoms with Crippen LogP contribution in [0.1, 0.15) is 29.8 Å². The molecule has 3 saturated carbocycles. The molecular weight excluding hydrogens is 412 g/mol. The van der Waals surface area contributed by atoms with Crippen LogP contribution in [0.3, 0.4) is 0 Å². The lowest BCUT2D eigenvalue weighted by atomic mass is 9.94. The molecule has 0 saturated heterocycles. The maximum absolute atomic E-state index is 13.5. The lowest BCUT2D eigenvalue weighted by molar-refractivity contribution is 0.101. The van der Waals surface area contributed by atoms with Gasteiger partial charge in [0.25, 0.3) is 5.91 Å². The quantitative estimate of drug-likeness (QED) is 0.720. The molecule has 1 heterocycles. The van der Waals surface area contributed by atoms with Crippen molar-refractivity contribution in [1.29, 1.82) is 0 Å². The minimum absolute atomic E-state index is 0.0102. The predicted octanol–water partition coefficient (Wildman–Crippen LogP) is 3.04. The number of carbonyl (C=O) groups is 1. The summed E-state index contributed by atoms with van der Waals surface area (Å²) >= 11 is 5.58. The van der Waals surface area contributed by atoms with E-state index < -0.39 is 32.6 Å². The summed E-state index contributed by atoms with van der Waals surface area (Å²) in [4.78, 5) is 12.5. The number of nitrogens with one attached hydrogen (secondary N) is 2. The van der Waals surface area contributed by atoms with Gasteiger partial charge in [-0.05, 0) is 42.7 Å². The van der Waals surface area contributed by atoms with Gasteiger partial charge in [-0.15, -0.1) is 0 Å². The van der Waals surface area contributed by atoms with E-state index in [9.17, 15) is 22.0 Å². The largest absolute Gasteiger partial charge is 0.345 e. The van der Waals surface area contributed by atoms with Crippen LogP contribution in [0.15, 0.2) is 29.3 Å². The van der Waals surface area contributed by atoms with Gasteiger partial charge >= 0.3 is 0 Å². The van der Waals surface area contributed by atoms with E-state index >= 15 is 0 Å². The maximum atomic E-state index is 13.5. The van der Waals surface area contributed by atoms with E-state index in [1.54, 1.807) is 0 Å². The van der Waals surface area contributed by atoms with E-state index in [0.29, 0.717) is 5.92 Å². The second-order valence-corrected chi connectivity index (χ2v) is 10.1. The van der Waals surface area contributed by atoms with Crippen LogP contribution in [0.4, 0.5) is 14.5 Å². The average molecular weight is 428 g/mol. The van der Waals surface area contributed by atoms with E-state index in [0.717, 1.165) is 31.4 Å². The summed E-state index contributed by atoms with van der Waals surface area (Å²) < 4.78 is 56.4. The molecule has 5 rings (SSSR count). The van der Waals surface area contributed by atoms with E-state index in [1.807, 2.05) is 0 Å². The Morgan fingerprint density at radius 2 is 2.04 bits per heavy atom. The second kappa shape index (κ2) is 5.34. The minimum atomic E-state index is -3.76. The SMILES string of the molecule is Cn1cc(S(=O)(=O)NC23CC4CC42C3)cc1C(=O)Nc1cc(F)c(F)c(Cl)c1. The molecule has 3 aliphatic rings. The molecule has 1 aromatic heterocycles. The normalized spacial score (nSPS) is 29.5. The number of hydrogen-bond acceptors (Lipinski definition) is 3. The van der Waals surface area contributed by atoms with Crippen molar-refractivity contribution >= 4 is 33.2 Å². The first-order valence-electron chi connectivity index (χ1n) is 8.73. The highest BCUT2D eigenvalue weighted by Gasteiger charge is 2.89. The van der Waals surface area contributed by atoms with Gasteiger partial charge in [-0.25, -0.2) is 21.9 Å². The predicted molar refractivity (Wildman–Crippen MR) is 97.6 cm³/mol. The first-order valence-corrected chi connectivity index (χ1v) is 10.6. The van der Waals surface area contributed by atoms with Gasteiger partial charge in [-0.1, -0.05) is 11.6 Å². The Morgan fingerprint density at radius 3 is 2.61 bits per heavy atom. The number of amides is 1. The number of benzene rings is 1. The van der Waals surface area contributed by atoms with Gasteiger partial charge in [0, 0.05) is 30.5 Å². The molecule has 6 nitrogen and oxygen atoms in total. The van der Waals surface area contributed by atoms with Crippen LogP contribution in [-0.4, -0.2) is 24.4 Å². The van der Waals surface area contributed by atoms with Crippen LogP contribution in [0, 0.1) is 23.0 Å². The second-order valence-electron chi connectivity index (χ2n) is 8.01. The van der Waals surface area contributed by atoms with Crippen LogP contribution in [0.5, 0.6) is 0 Å². The monoisotopic (exact) mass is 427 g/mol. The highest BCUT2D eigenvalue weighted by molar-refractivity contribution is 7.89. The van der Waals surface area contributed by atoms with Gasteiger partial charge in [-0.3, -0.25) is 4.79 Å². The van der Waals surface area contributed by atoms with Crippen molar-refractivity contribution < 1.29 is 22.0 Å².